The molecule has 0 radical (unpaired) electrons. The lowest BCUT2D eigenvalue weighted by Crippen LogP contribution is -2.44. The second-order valence-corrected chi connectivity index (χ2v) is 6.79. The Hall–Kier alpha value is -2.06. The van der Waals surface area contributed by atoms with Gasteiger partial charge in [-0.2, -0.15) is 0 Å². The summed E-state index contributed by atoms with van der Waals surface area (Å²) in [6, 6.07) is 6.89. The van der Waals surface area contributed by atoms with Crippen molar-refractivity contribution in [3.63, 3.8) is 0 Å². The van der Waals surface area contributed by atoms with Gasteiger partial charge in [0.2, 0.25) is 0 Å². The van der Waals surface area contributed by atoms with Crippen LogP contribution in [-0.2, 0) is 4.79 Å². The average Bonchev–Trinajstić information content (AvgIpc) is 3.09. The smallest absolute Gasteiger partial charge is 0.312 e. The standard InChI is InChI=1S/C17H14BrNO3/c1-2-11-3-5-12(6-4-11)15(20)17(18)9-7-14-13(16(21)22)8-10-19(14)17/h1,3-7,13H,8-10H2,(H,21,22). The number of rotatable bonds is 3. The van der Waals surface area contributed by atoms with Crippen molar-refractivity contribution >= 4 is 27.7 Å². The van der Waals surface area contributed by atoms with Crippen molar-refractivity contribution in [2.24, 2.45) is 5.92 Å². The number of halogens is 1. The quantitative estimate of drug-likeness (QED) is 0.390. The number of Topliss-reactive ketones (excluding diaryl/α,β-unsaturated/α-hetero) is 1. The van der Waals surface area contributed by atoms with Crippen LogP contribution in [0, 0.1) is 18.3 Å². The van der Waals surface area contributed by atoms with Crippen LogP contribution in [0.1, 0.15) is 28.8 Å². The molecular formula is C17H14BrNO3. The fourth-order valence-electron chi connectivity index (χ4n) is 3.11. The Kier molecular flexibility index (Phi) is 3.57. The molecule has 2 atom stereocenters. The average molecular weight is 360 g/mol. The van der Waals surface area contributed by atoms with E-state index in [4.69, 9.17) is 6.42 Å². The molecule has 22 heavy (non-hydrogen) atoms. The summed E-state index contributed by atoms with van der Waals surface area (Å²) >= 11 is 3.56. The summed E-state index contributed by atoms with van der Waals surface area (Å²) in [5.41, 5.74) is 2.01. The number of nitrogens with zero attached hydrogens (tertiary/aromatic N) is 1. The third kappa shape index (κ3) is 2.15. The maximum absolute atomic E-state index is 12.9. The molecule has 0 aliphatic carbocycles. The van der Waals surface area contributed by atoms with Crippen molar-refractivity contribution in [3.05, 3.63) is 47.2 Å². The zero-order valence-electron chi connectivity index (χ0n) is 11.8. The van der Waals surface area contributed by atoms with Gasteiger partial charge in [0, 0.05) is 29.8 Å². The van der Waals surface area contributed by atoms with Crippen LogP contribution in [0.3, 0.4) is 0 Å². The van der Waals surface area contributed by atoms with Crippen LogP contribution in [0.2, 0.25) is 0 Å². The monoisotopic (exact) mass is 359 g/mol. The van der Waals surface area contributed by atoms with E-state index in [0.717, 1.165) is 11.3 Å². The SMILES string of the molecule is C#Cc1ccc(C(=O)C2(Br)CC=C3C(C(=O)O)CCN32)cc1. The van der Waals surface area contributed by atoms with Gasteiger partial charge in [0.15, 0.2) is 10.2 Å². The molecule has 2 heterocycles. The van der Waals surface area contributed by atoms with Gasteiger partial charge in [-0.1, -0.05) is 40.1 Å². The summed E-state index contributed by atoms with van der Waals surface area (Å²) in [5.74, 6) is 1.09. The molecule has 1 N–H and O–H groups in total. The van der Waals surface area contributed by atoms with Crippen molar-refractivity contribution in [2.45, 2.75) is 17.3 Å². The molecule has 3 rings (SSSR count). The van der Waals surface area contributed by atoms with E-state index >= 15 is 0 Å². The number of terminal acetylenes is 1. The fraction of sp³-hybridized carbons (Fsp3) is 0.294. The minimum Gasteiger partial charge on any atom is -0.481 e. The van der Waals surface area contributed by atoms with Gasteiger partial charge in [0.05, 0.1) is 5.92 Å². The number of fused-ring (bicyclic) bond motifs is 1. The highest BCUT2D eigenvalue weighted by atomic mass is 79.9. The van der Waals surface area contributed by atoms with E-state index in [-0.39, 0.29) is 5.78 Å². The lowest BCUT2D eigenvalue weighted by molar-refractivity contribution is -0.140. The number of hydrogen-bond acceptors (Lipinski definition) is 3. The van der Waals surface area contributed by atoms with Crippen molar-refractivity contribution in [1.82, 2.24) is 4.90 Å². The van der Waals surface area contributed by atoms with E-state index in [1.54, 1.807) is 24.3 Å². The number of hydrogen-bond donors (Lipinski definition) is 1. The predicted octanol–water partition coefficient (Wildman–Crippen LogP) is 2.64. The molecule has 1 aromatic carbocycles. The molecule has 0 amide bonds. The number of aliphatic carboxylic acids is 1. The topological polar surface area (TPSA) is 57.6 Å². The zero-order valence-corrected chi connectivity index (χ0v) is 13.3. The molecule has 5 heteroatoms. The van der Waals surface area contributed by atoms with E-state index in [9.17, 15) is 14.7 Å². The summed E-state index contributed by atoms with van der Waals surface area (Å²) in [6.07, 6.45) is 8.16. The number of carboxylic acids is 1. The Morgan fingerprint density at radius 2 is 2.05 bits per heavy atom. The lowest BCUT2D eigenvalue weighted by atomic mass is 10.0. The minimum absolute atomic E-state index is 0.0756. The van der Waals surface area contributed by atoms with Gasteiger partial charge < -0.3 is 10.0 Å². The summed E-state index contributed by atoms with van der Waals surface area (Å²) in [4.78, 5) is 26.0. The summed E-state index contributed by atoms with van der Waals surface area (Å²) in [5, 5.41) is 9.26. The Balaban J connectivity index is 1.88. The number of carboxylic acid groups (broad SMARTS) is 1. The Bertz CT molecular complexity index is 716. The fourth-order valence-corrected chi connectivity index (χ4v) is 3.88. The van der Waals surface area contributed by atoms with E-state index in [2.05, 4.69) is 21.9 Å². The van der Waals surface area contributed by atoms with Gasteiger partial charge in [-0.25, -0.2) is 0 Å². The Labute approximate surface area is 136 Å². The second kappa shape index (κ2) is 5.29. The van der Waals surface area contributed by atoms with Crippen LogP contribution >= 0.6 is 15.9 Å². The summed E-state index contributed by atoms with van der Waals surface area (Å²) in [7, 11) is 0. The van der Waals surface area contributed by atoms with Gasteiger partial charge in [-0.05, 0) is 18.6 Å². The van der Waals surface area contributed by atoms with Gasteiger partial charge in [0.25, 0.3) is 0 Å². The van der Waals surface area contributed by atoms with Crippen molar-refractivity contribution in [1.29, 1.82) is 0 Å². The van der Waals surface area contributed by atoms with Crippen molar-refractivity contribution in [2.75, 3.05) is 6.54 Å². The lowest BCUT2D eigenvalue weighted by Gasteiger charge is -2.32. The highest BCUT2D eigenvalue weighted by Crippen LogP contribution is 2.46. The Morgan fingerprint density at radius 1 is 1.36 bits per heavy atom. The number of ketones is 1. The normalized spacial score (nSPS) is 26.3. The maximum atomic E-state index is 12.9. The molecule has 2 unspecified atom stereocenters. The first-order valence-electron chi connectivity index (χ1n) is 6.98. The molecular weight excluding hydrogens is 346 g/mol. The van der Waals surface area contributed by atoms with Crippen LogP contribution < -0.4 is 0 Å². The molecule has 1 saturated heterocycles. The molecule has 4 nitrogen and oxygen atoms in total. The van der Waals surface area contributed by atoms with Crippen LogP contribution in [0.4, 0.5) is 0 Å². The van der Waals surface area contributed by atoms with Gasteiger partial charge in [-0.15, -0.1) is 6.42 Å². The molecule has 0 spiro atoms. The molecule has 2 aliphatic heterocycles. The van der Waals surface area contributed by atoms with E-state index in [1.807, 2.05) is 11.0 Å². The number of alkyl halides is 1. The largest absolute Gasteiger partial charge is 0.481 e. The van der Waals surface area contributed by atoms with E-state index in [0.29, 0.717) is 24.9 Å². The molecule has 0 saturated carbocycles. The zero-order chi connectivity index (χ0) is 15.9. The first-order chi connectivity index (χ1) is 10.5. The second-order valence-electron chi connectivity index (χ2n) is 5.47. The van der Waals surface area contributed by atoms with Crippen LogP contribution in [0.15, 0.2) is 36.0 Å². The predicted molar refractivity (Wildman–Crippen MR) is 85.5 cm³/mol. The highest BCUT2D eigenvalue weighted by molar-refractivity contribution is 9.10. The van der Waals surface area contributed by atoms with Crippen molar-refractivity contribution in [3.8, 4) is 12.3 Å². The number of carbonyl (C=O) groups excluding carboxylic acids is 1. The third-order valence-corrected chi connectivity index (χ3v) is 5.39. The van der Waals surface area contributed by atoms with Crippen LogP contribution in [0.5, 0.6) is 0 Å². The summed E-state index contributed by atoms with van der Waals surface area (Å²) < 4.78 is -0.885. The Morgan fingerprint density at radius 3 is 2.64 bits per heavy atom. The summed E-state index contributed by atoms with van der Waals surface area (Å²) in [6.45, 7) is 0.558. The van der Waals surface area contributed by atoms with Crippen LogP contribution in [0.25, 0.3) is 0 Å². The molecule has 0 bridgehead atoms. The first-order valence-corrected chi connectivity index (χ1v) is 7.77. The molecule has 1 fully saturated rings. The molecule has 2 aliphatic rings. The van der Waals surface area contributed by atoms with Gasteiger partial charge >= 0.3 is 5.97 Å². The maximum Gasteiger partial charge on any atom is 0.312 e. The molecule has 112 valence electrons. The van der Waals surface area contributed by atoms with Gasteiger partial charge in [0.1, 0.15) is 0 Å². The van der Waals surface area contributed by atoms with Crippen molar-refractivity contribution < 1.29 is 14.7 Å². The third-order valence-electron chi connectivity index (χ3n) is 4.28. The molecule has 1 aromatic rings. The number of benzene rings is 1. The number of carbonyl (C=O) groups is 2. The first kappa shape index (κ1) is 14.9. The van der Waals surface area contributed by atoms with Crippen LogP contribution in [-0.4, -0.2) is 32.8 Å². The van der Waals surface area contributed by atoms with Gasteiger partial charge in [-0.3, -0.25) is 9.59 Å². The highest BCUT2D eigenvalue weighted by Gasteiger charge is 2.51. The minimum atomic E-state index is -0.885. The van der Waals surface area contributed by atoms with E-state index < -0.39 is 16.3 Å². The molecule has 0 aromatic heterocycles. The van der Waals surface area contributed by atoms with E-state index in [1.165, 1.54) is 0 Å².